The first-order chi connectivity index (χ1) is 7.79. The van der Waals surface area contributed by atoms with E-state index in [1.165, 1.54) is 6.07 Å². The summed E-state index contributed by atoms with van der Waals surface area (Å²) >= 11 is 0. The molecule has 0 amide bonds. The summed E-state index contributed by atoms with van der Waals surface area (Å²) in [7, 11) is 0. The molecule has 0 unspecified atom stereocenters. The first-order valence-electron chi connectivity index (χ1n) is 5.26. The van der Waals surface area contributed by atoms with Crippen LogP contribution in [0.15, 0.2) is 30.3 Å². The molecule has 0 saturated heterocycles. The molecule has 0 saturated carbocycles. The lowest BCUT2D eigenvalue weighted by molar-refractivity contribution is 0.613. The van der Waals surface area contributed by atoms with Gasteiger partial charge in [0.25, 0.3) is 0 Å². The fourth-order valence-electron chi connectivity index (χ4n) is 1.62. The predicted octanol–water partition coefficient (Wildman–Crippen LogP) is 1.64. The summed E-state index contributed by atoms with van der Waals surface area (Å²) in [5, 5.41) is 7.00. The quantitative estimate of drug-likeness (QED) is 0.821. The summed E-state index contributed by atoms with van der Waals surface area (Å²) in [5.41, 5.74) is 7.94. The Morgan fingerprint density at radius 1 is 1.31 bits per heavy atom. The van der Waals surface area contributed by atoms with Crippen LogP contribution in [-0.4, -0.2) is 16.7 Å². The van der Waals surface area contributed by atoms with Gasteiger partial charge in [0, 0.05) is 18.5 Å². The number of nitrogens with two attached hydrogens (primary N) is 1. The molecule has 1 aromatic carbocycles. The highest BCUT2D eigenvalue weighted by atomic mass is 19.1. The van der Waals surface area contributed by atoms with E-state index in [0.29, 0.717) is 18.5 Å². The summed E-state index contributed by atoms with van der Waals surface area (Å²) < 4.78 is 13.4. The molecule has 0 atom stereocenters. The highest BCUT2D eigenvalue weighted by molar-refractivity contribution is 5.24. The fraction of sp³-hybridized carbons (Fsp3) is 0.250. The predicted molar refractivity (Wildman–Crippen MR) is 60.6 cm³/mol. The van der Waals surface area contributed by atoms with Crippen LogP contribution in [0.2, 0.25) is 0 Å². The Kier molecular flexibility index (Phi) is 3.31. The Labute approximate surface area is 93.5 Å². The second-order valence-electron chi connectivity index (χ2n) is 3.69. The Morgan fingerprint density at radius 2 is 2.12 bits per heavy atom. The van der Waals surface area contributed by atoms with E-state index in [9.17, 15) is 4.39 Å². The third-order valence-electron chi connectivity index (χ3n) is 2.42. The number of nitrogens with one attached hydrogen (secondary N) is 1. The van der Waals surface area contributed by atoms with E-state index in [2.05, 4.69) is 10.2 Å². The maximum absolute atomic E-state index is 13.4. The number of benzene rings is 1. The zero-order chi connectivity index (χ0) is 11.4. The van der Waals surface area contributed by atoms with Crippen molar-refractivity contribution < 1.29 is 4.39 Å². The van der Waals surface area contributed by atoms with Crippen molar-refractivity contribution in [3.05, 3.63) is 53.1 Å². The van der Waals surface area contributed by atoms with E-state index in [1.807, 2.05) is 12.1 Å². The monoisotopic (exact) mass is 219 g/mol. The molecule has 4 heteroatoms. The number of aromatic amines is 1. The highest BCUT2D eigenvalue weighted by Gasteiger charge is 2.05. The third-order valence-corrected chi connectivity index (χ3v) is 2.42. The van der Waals surface area contributed by atoms with Gasteiger partial charge in [0.2, 0.25) is 0 Å². The van der Waals surface area contributed by atoms with Crippen molar-refractivity contribution in [3.63, 3.8) is 0 Å². The highest BCUT2D eigenvalue weighted by Crippen LogP contribution is 2.12. The van der Waals surface area contributed by atoms with E-state index in [1.54, 1.807) is 12.1 Å². The van der Waals surface area contributed by atoms with Gasteiger partial charge in [-0.1, -0.05) is 18.2 Å². The first-order valence-corrected chi connectivity index (χ1v) is 5.26. The minimum Gasteiger partial charge on any atom is -0.330 e. The normalized spacial score (nSPS) is 10.6. The molecule has 3 nitrogen and oxygen atoms in total. The number of rotatable bonds is 4. The zero-order valence-electron chi connectivity index (χ0n) is 8.91. The minimum atomic E-state index is -0.183. The smallest absolute Gasteiger partial charge is 0.126 e. The van der Waals surface area contributed by atoms with Gasteiger partial charge in [-0.05, 0) is 24.2 Å². The van der Waals surface area contributed by atoms with E-state index in [4.69, 9.17) is 5.73 Å². The average Bonchev–Trinajstić information content (AvgIpc) is 2.70. The molecule has 0 aliphatic rings. The van der Waals surface area contributed by atoms with Crippen LogP contribution in [0.5, 0.6) is 0 Å². The van der Waals surface area contributed by atoms with Crippen molar-refractivity contribution in [2.24, 2.45) is 5.73 Å². The Bertz CT molecular complexity index is 465. The van der Waals surface area contributed by atoms with Crippen molar-refractivity contribution in [1.82, 2.24) is 10.2 Å². The van der Waals surface area contributed by atoms with Crippen LogP contribution in [-0.2, 0) is 12.8 Å². The van der Waals surface area contributed by atoms with Gasteiger partial charge in [-0.25, -0.2) is 4.39 Å². The number of hydrogen-bond donors (Lipinski definition) is 2. The number of H-pyrrole nitrogens is 1. The topological polar surface area (TPSA) is 54.7 Å². The summed E-state index contributed by atoms with van der Waals surface area (Å²) in [4.78, 5) is 0. The van der Waals surface area contributed by atoms with E-state index in [0.717, 1.165) is 17.8 Å². The van der Waals surface area contributed by atoms with Gasteiger partial charge in [0.15, 0.2) is 0 Å². The average molecular weight is 219 g/mol. The number of halogens is 1. The molecule has 0 fully saturated rings. The van der Waals surface area contributed by atoms with Crippen LogP contribution < -0.4 is 5.73 Å². The summed E-state index contributed by atoms with van der Waals surface area (Å²) in [6.07, 6.45) is 1.28. The van der Waals surface area contributed by atoms with Gasteiger partial charge in [0.1, 0.15) is 5.82 Å². The lowest BCUT2D eigenvalue weighted by atomic mass is 10.1. The van der Waals surface area contributed by atoms with Gasteiger partial charge in [-0.15, -0.1) is 0 Å². The Hall–Kier alpha value is -1.68. The molecule has 2 rings (SSSR count). The molecule has 0 aliphatic heterocycles. The molecule has 0 spiro atoms. The van der Waals surface area contributed by atoms with Crippen LogP contribution in [0.25, 0.3) is 0 Å². The molecule has 2 aromatic rings. The van der Waals surface area contributed by atoms with Crippen LogP contribution in [0.4, 0.5) is 4.39 Å². The molecule has 84 valence electrons. The third kappa shape index (κ3) is 2.46. The molecule has 3 N–H and O–H groups in total. The standard InChI is InChI=1S/C12H14FN3/c13-12-4-2-1-3-9(12)7-11-8-10(5-6-14)15-16-11/h1-4,8H,5-7,14H2,(H,15,16). The Balaban J connectivity index is 2.11. The van der Waals surface area contributed by atoms with Gasteiger partial charge in [-0.2, -0.15) is 5.10 Å². The van der Waals surface area contributed by atoms with Crippen molar-refractivity contribution in [1.29, 1.82) is 0 Å². The Morgan fingerprint density at radius 3 is 2.88 bits per heavy atom. The molecule has 1 aromatic heterocycles. The fourth-order valence-corrected chi connectivity index (χ4v) is 1.62. The minimum absolute atomic E-state index is 0.183. The lowest BCUT2D eigenvalue weighted by Gasteiger charge is -1.99. The van der Waals surface area contributed by atoms with Gasteiger partial charge in [0.05, 0.1) is 5.69 Å². The van der Waals surface area contributed by atoms with E-state index < -0.39 is 0 Å². The summed E-state index contributed by atoms with van der Waals surface area (Å²) in [5.74, 6) is -0.183. The number of hydrogen-bond acceptors (Lipinski definition) is 2. The van der Waals surface area contributed by atoms with Gasteiger partial charge < -0.3 is 5.73 Å². The molecular weight excluding hydrogens is 205 g/mol. The first kappa shape index (κ1) is 10.8. The van der Waals surface area contributed by atoms with Crippen molar-refractivity contribution in [2.75, 3.05) is 6.54 Å². The zero-order valence-corrected chi connectivity index (χ0v) is 8.91. The number of aromatic nitrogens is 2. The molecule has 0 bridgehead atoms. The van der Waals surface area contributed by atoms with Crippen molar-refractivity contribution >= 4 is 0 Å². The molecule has 0 aliphatic carbocycles. The molecule has 1 heterocycles. The number of nitrogens with zero attached hydrogens (tertiary/aromatic N) is 1. The lowest BCUT2D eigenvalue weighted by Crippen LogP contribution is -2.02. The van der Waals surface area contributed by atoms with Gasteiger partial charge >= 0.3 is 0 Å². The summed E-state index contributed by atoms with van der Waals surface area (Å²) in [6, 6.07) is 8.69. The van der Waals surface area contributed by atoms with Crippen LogP contribution in [0.3, 0.4) is 0 Å². The molecular formula is C12H14FN3. The van der Waals surface area contributed by atoms with Crippen LogP contribution in [0.1, 0.15) is 17.0 Å². The van der Waals surface area contributed by atoms with E-state index >= 15 is 0 Å². The van der Waals surface area contributed by atoms with Crippen molar-refractivity contribution in [2.45, 2.75) is 12.8 Å². The SMILES string of the molecule is NCCc1cc(Cc2ccccc2F)[nH]n1. The van der Waals surface area contributed by atoms with E-state index in [-0.39, 0.29) is 5.82 Å². The van der Waals surface area contributed by atoms with Crippen LogP contribution >= 0.6 is 0 Å². The maximum Gasteiger partial charge on any atom is 0.126 e. The summed E-state index contributed by atoms with van der Waals surface area (Å²) in [6.45, 7) is 0.573. The second kappa shape index (κ2) is 4.90. The maximum atomic E-state index is 13.4. The largest absolute Gasteiger partial charge is 0.330 e. The van der Waals surface area contributed by atoms with Gasteiger partial charge in [-0.3, -0.25) is 5.10 Å². The van der Waals surface area contributed by atoms with Crippen molar-refractivity contribution in [3.8, 4) is 0 Å². The second-order valence-corrected chi connectivity index (χ2v) is 3.69. The van der Waals surface area contributed by atoms with Crippen LogP contribution in [0, 0.1) is 5.82 Å². The molecule has 0 radical (unpaired) electrons. The molecule has 16 heavy (non-hydrogen) atoms.